The molecule has 7 nitrogen and oxygen atoms in total. The highest BCUT2D eigenvalue weighted by Gasteiger charge is 2.20. The lowest BCUT2D eigenvalue weighted by molar-refractivity contribution is 0.200. The number of nitrogens with one attached hydrogen (secondary N) is 2. The van der Waals surface area contributed by atoms with Gasteiger partial charge < -0.3 is 5.43 Å². The summed E-state index contributed by atoms with van der Waals surface area (Å²) in [4.78, 5) is 6.58. The number of anilines is 1. The van der Waals surface area contributed by atoms with Crippen molar-refractivity contribution in [3.63, 3.8) is 0 Å². The Morgan fingerprint density at radius 1 is 1.22 bits per heavy atom. The predicted molar refractivity (Wildman–Crippen MR) is 67.8 cm³/mol. The molecule has 1 aromatic heterocycles. The maximum Gasteiger partial charge on any atom is 0.254 e. The lowest BCUT2D eigenvalue weighted by Crippen LogP contribution is -2.44. The quantitative estimate of drug-likeness (QED) is 0.528. The first kappa shape index (κ1) is 13.2. The molecule has 1 aliphatic rings. The Labute approximate surface area is 106 Å². The van der Waals surface area contributed by atoms with Gasteiger partial charge in [0, 0.05) is 19.3 Å². The highest BCUT2D eigenvalue weighted by molar-refractivity contribution is 7.89. The molecule has 1 saturated heterocycles. The number of rotatable bonds is 4. The van der Waals surface area contributed by atoms with Gasteiger partial charge in [-0.25, -0.2) is 24.3 Å². The first-order valence-electron chi connectivity index (χ1n) is 5.82. The third-order valence-electron chi connectivity index (χ3n) is 2.80. The van der Waals surface area contributed by atoms with Gasteiger partial charge in [0.1, 0.15) is 10.7 Å². The fraction of sp³-hybridized carbons (Fsp3) is 0.500. The Morgan fingerprint density at radius 3 is 2.50 bits per heavy atom. The first-order valence-corrected chi connectivity index (χ1v) is 7.30. The van der Waals surface area contributed by atoms with Crippen LogP contribution in [0, 0.1) is 0 Å². The van der Waals surface area contributed by atoms with Gasteiger partial charge in [-0.15, -0.1) is 4.83 Å². The van der Waals surface area contributed by atoms with E-state index in [1.54, 1.807) is 5.01 Å². The van der Waals surface area contributed by atoms with Gasteiger partial charge in [0.25, 0.3) is 10.0 Å². The largest absolute Gasteiger partial charge is 0.308 e. The molecule has 0 saturated carbocycles. The molecule has 2 rings (SSSR count). The topological polar surface area (TPSA) is 100 Å². The smallest absolute Gasteiger partial charge is 0.254 e. The second kappa shape index (κ2) is 5.61. The Bertz CT molecular complexity index is 481. The van der Waals surface area contributed by atoms with Crippen molar-refractivity contribution < 1.29 is 8.42 Å². The maximum atomic E-state index is 12.1. The molecular weight excluding hydrogens is 254 g/mol. The fourth-order valence-electron chi connectivity index (χ4n) is 1.83. The van der Waals surface area contributed by atoms with Crippen molar-refractivity contribution in [3.05, 3.63) is 18.3 Å². The maximum absolute atomic E-state index is 12.1. The highest BCUT2D eigenvalue weighted by Crippen LogP contribution is 2.12. The van der Waals surface area contributed by atoms with Crippen LogP contribution in [0.5, 0.6) is 0 Å². The third kappa shape index (κ3) is 3.16. The van der Waals surface area contributed by atoms with E-state index in [1.165, 1.54) is 18.3 Å². The van der Waals surface area contributed by atoms with Gasteiger partial charge in [0.05, 0.1) is 0 Å². The van der Waals surface area contributed by atoms with Crippen LogP contribution in [0.2, 0.25) is 0 Å². The molecule has 1 aliphatic heterocycles. The van der Waals surface area contributed by atoms with Gasteiger partial charge >= 0.3 is 0 Å². The van der Waals surface area contributed by atoms with E-state index < -0.39 is 10.0 Å². The van der Waals surface area contributed by atoms with Gasteiger partial charge in [-0.3, -0.25) is 0 Å². The van der Waals surface area contributed by atoms with E-state index >= 15 is 0 Å². The van der Waals surface area contributed by atoms with Gasteiger partial charge in [-0.1, -0.05) is 6.42 Å². The zero-order chi connectivity index (χ0) is 13.0. The summed E-state index contributed by atoms with van der Waals surface area (Å²) in [5, 5.41) is 1.73. The van der Waals surface area contributed by atoms with Gasteiger partial charge in [0.2, 0.25) is 0 Å². The van der Waals surface area contributed by atoms with Crippen LogP contribution in [0.25, 0.3) is 0 Å². The summed E-state index contributed by atoms with van der Waals surface area (Å²) in [6.45, 7) is 1.49. The third-order valence-corrected chi connectivity index (χ3v) is 4.16. The molecule has 0 unspecified atom stereocenters. The zero-order valence-corrected chi connectivity index (χ0v) is 10.8. The van der Waals surface area contributed by atoms with Crippen molar-refractivity contribution in [1.82, 2.24) is 14.8 Å². The summed E-state index contributed by atoms with van der Waals surface area (Å²) < 4.78 is 24.1. The Kier molecular flexibility index (Phi) is 4.12. The molecule has 1 fully saturated rings. The summed E-state index contributed by atoms with van der Waals surface area (Å²) in [5.41, 5.74) is 2.35. The number of aromatic nitrogens is 1. The molecule has 2 heterocycles. The van der Waals surface area contributed by atoms with E-state index in [-0.39, 0.29) is 4.90 Å². The van der Waals surface area contributed by atoms with Crippen molar-refractivity contribution in [2.75, 3.05) is 18.5 Å². The van der Waals surface area contributed by atoms with E-state index in [2.05, 4.69) is 15.2 Å². The van der Waals surface area contributed by atoms with E-state index in [9.17, 15) is 8.42 Å². The molecule has 8 heteroatoms. The number of sulfonamides is 1. The molecular formula is C10H17N5O2S. The Hall–Kier alpha value is -1.22. The van der Waals surface area contributed by atoms with Gasteiger partial charge in [-0.05, 0) is 25.0 Å². The lowest BCUT2D eigenvalue weighted by Gasteiger charge is -2.26. The first-order chi connectivity index (χ1) is 8.62. The van der Waals surface area contributed by atoms with Crippen LogP contribution >= 0.6 is 0 Å². The Morgan fingerprint density at radius 2 is 1.94 bits per heavy atom. The number of nitrogen functional groups attached to an aromatic ring is 1. The van der Waals surface area contributed by atoms with Crippen LogP contribution in [-0.4, -0.2) is 31.5 Å². The monoisotopic (exact) mass is 271 g/mol. The van der Waals surface area contributed by atoms with Crippen LogP contribution in [0.4, 0.5) is 5.82 Å². The minimum Gasteiger partial charge on any atom is -0.308 e. The second-order valence-electron chi connectivity index (χ2n) is 4.17. The van der Waals surface area contributed by atoms with E-state index in [0.29, 0.717) is 5.82 Å². The lowest BCUT2D eigenvalue weighted by atomic mass is 10.2. The molecule has 0 aliphatic carbocycles. The van der Waals surface area contributed by atoms with Crippen molar-refractivity contribution in [3.8, 4) is 0 Å². The average Bonchev–Trinajstić information content (AvgIpc) is 2.39. The predicted octanol–water partition coefficient (Wildman–Crippen LogP) is 0.0464. The second-order valence-corrected chi connectivity index (χ2v) is 5.83. The van der Waals surface area contributed by atoms with Crippen LogP contribution in [0.15, 0.2) is 23.2 Å². The number of nitrogens with zero attached hydrogens (tertiary/aromatic N) is 2. The number of hydrazine groups is 2. The van der Waals surface area contributed by atoms with Crippen LogP contribution in [0.3, 0.4) is 0 Å². The average molecular weight is 271 g/mol. The van der Waals surface area contributed by atoms with E-state index in [4.69, 9.17) is 5.84 Å². The minimum atomic E-state index is -3.54. The molecule has 0 spiro atoms. The number of pyridine rings is 1. The molecule has 0 radical (unpaired) electrons. The molecule has 18 heavy (non-hydrogen) atoms. The van der Waals surface area contributed by atoms with Gasteiger partial charge in [-0.2, -0.15) is 0 Å². The summed E-state index contributed by atoms with van der Waals surface area (Å²) >= 11 is 0. The minimum absolute atomic E-state index is 0.132. The molecule has 0 bridgehead atoms. The number of hydrogen-bond acceptors (Lipinski definition) is 6. The fourth-order valence-corrected chi connectivity index (χ4v) is 2.90. The summed E-state index contributed by atoms with van der Waals surface area (Å²) in [5.74, 6) is 5.60. The zero-order valence-electron chi connectivity index (χ0n) is 9.96. The molecule has 0 atom stereocenters. The standard InChI is InChI=1S/C10H17N5O2S/c11-13-10-5-4-9(8-12-10)18(16,17)14-15-6-2-1-3-7-15/h4-5,8,14H,1-3,6-7,11H2,(H,12,13). The number of piperidine rings is 1. The van der Waals surface area contributed by atoms with Crippen LogP contribution in [-0.2, 0) is 10.0 Å². The van der Waals surface area contributed by atoms with E-state index in [0.717, 1.165) is 32.4 Å². The van der Waals surface area contributed by atoms with Crippen molar-refractivity contribution in [1.29, 1.82) is 0 Å². The summed E-state index contributed by atoms with van der Waals surface area (Å²) in [7, 11) is -3.54. The molecule has 4 N–H and O–H groups in total. The molecule has 1 aromatic rings. The van der Waals surface area contributed by atoms with Crippen molar-refractivity contribution >= 4 is 15.8 Å². The molecule has 100 valence electrons. The SMILES string of the molecule is NNc1ccc(S(=O)(=O)NN2CCCCC2)cn1. The van der Waals surface area contributed by atoms with Crippen molar-refractivity contribution in [2.24, 2.45) is 5.84 Å². The van der Waals surface area contributed by atoms with Crippen LogP contribution < -0.4 is 16.1 Å². The normalized spacial score (nSPS) is 17.6. The Balaban J connectivity index is 2.08. The highest BCUT2D eigenvalue weighted by atomic mass is 32.2. The summed E-state index contributed by atoms with van der Waals surface area (Å²) in [6.07, 6.45) is 4.45. The number of nitrogens with two attached hydrogens (primary N) is 1. The van der Waals surface area contributed by atoms with Gasteiger partial charge in [0.15, 0.2) is 0 Å². The van der Waals surface area contributed by atoms with E-state index in [1.807, 2.05) is 0 Å². The molecule has 0 amide bonds. The summed E-state index contributed by atoms with van der Waals surface area (Å²) in [6, 6.07) is 2.99. The van der Waals surface area contributed by atoms with Crippen molar-refractivity contribution in [2.45, 2.75) is 24.2 Å². The number of hydrogen-bond donors (Lipinski definition) is 3. The van der Waals surface area contributed by atoms with Crippen LogP contribution in [0.1, 0.15) is 19.3 Å². The molecule has 0 aromatic carbocycles.